The maximum absolute atomic E-state index is 9.26. The van der Waals surface area contributed by atoms with E-state index in [4.69, 9.17) is 11.6 Å². The van der Waals surface area contributed by atoms with E-state index < -0.39 is 0 Å². The van der Waals surface area contributed by atoms with Crippen molar-refractivity contribution in [3.8, 4) is 6.07 Å². The Kier molecular flexibility index (Phi) is 6.14. The third kappa shape index (κ3) is 5.10. The monoisotopic (exact) mass is 279 g/mol. The molecule has 104 valence electrons. The molecule has 0 aromatic heterocycles. The minimum absolute atomic E-state index is 0.546. The average molecular weight is 280 g/mol. The largest absolute Gasteiger partial charge is 0.369 e. The van der Waals surface area contributed by atoms with Gasteiger partial charge in [-0.15, -0.1) is 0 Å². The fourth-order valence-electron chi connectivity index (χ4n) is 1.95. The maximum Gasteiger partial charge on any atom is 0.101 e. The Labute approximate surface area is 121 Å². The predicted molar refractivity (Wildman–Crippen MR) is 81.8 cm³/mol. The van der Waals surface area contributed by atoms with Crippen LogP contribution in [0.1, 0.15) is 19.4 Å². The van der Waals surface area contributed by atoms with Crippen LogP contribution in [0.2, 0.25) is 5.02 Å². The molecule has 1 aromatic rings. The van der Waals surface area contributed by atoms with E-state index in [1.165, 1.54) is 0 Å². The highest BCUT2D eigenvalue weighted by molar-refractivity contribution is 6.30. The van der Waals surface area contributed by atoms with Gasteiger partial charge in [0.15, 0.2) is 0 Å². The molecule has 1 rings (SSSR count). The standard InChI is InChI=1S/C15H22ClN3/c1-12(2)11-19(8-7-18(3)4)15-6-5-14(16)9-13(15)10-17/h5-6,9,12H,7-8,11H2,1-4H3. The molecule has 0 aliphatic rings. The summed E-state index contributed by atoms with van der Waals surface area (Å²) in [7, 11) is 4.11. The molecule has 0 bridgehead atoms. The molecule has 0 spiro atoms. The molecule has 0 saturated carbocycles. The topological polar surface area (TPSA) is 30.3 Å². The summed E-state index contributed by atoms with van der Waals surface area (Å²) < 4.78 is 0. The molecule has 0 aliphatic carbocycles. The first kappa shape index (κ1) is 15.8. The quantitative estimate of drug-likeness (QED) is 0.801. The summed E-state index contributed by atoms with van der Waals surface area (Å²) in [5.74, 6) is 0.546. The van der Waals surface area contributed by atoms with Crippen molar-refractivity contribution >= 4 is 17.3 Å². The van der Waals surface area contributed by atoms with Crippen molar-refractivity contribution in [2.45, 2.75) is 13.8 Å². The van der Waals surface area contributed by atoms with Gasteiger partial charge in [-0.05, 0) is 38.2 Å². The molecule has 0 amide bonds. The van der Waals surface area contributed by atoms with E-state index in [0.717, 1.165) is 25.3 Å². The lowest BCUT2D eigenvalue weighted by atomic mass is 10.1. The molecule has 19 heavy (non-hydrogen) atoms. The molecule has 0 fully saturated rings. The average Bonchev–Trinajstić information content (AvgIpc) is 2.33. The molecule has 1 aromatic carbocycles. The molecule has 3 nitrogen and oxygen atoms in total. The number of benzene rings is 1. The van der Waals surface area contributed by atoms with Gasteiger partial charge in [0.2, 0.25) is 0 Å². The van der Waals surface area contributed by atoms with Crippen LogP contribution in [-0.2, 0) is 0 Å². The summed E-state index contributed by atoms with van der Waals surface area (Å²) in [6.07, 6.45) is 0. The van der Waals surface area contributed by atoms with Crippen LogP contribution in [-0.4, -0.2) is 38.6 Å². The first-order valence-electron chi connectivity index (χ1n) is 6.53. The first-order valence-corrected chi connectivity index (χ1v) is 6.91. The zero-order valence-corrected chi connectivity index (χ0v) is 12.9. The zero-order chi connectivity index (χ0) is 14.4. The van der Waals surface area contributed by atoms with Crippen molar-refractivity contribution in [3.05, 3.63) is 28.8 Å². The minimum Gasteiger partial charge on any atom is -0.369 e. The normalized spacial score (nSPS) is 10.8. The molecule has 4 heteroatoms. The molecular weight excluding hydrogens is 258 g/mol. The second kappa shape index (κ2) is 7.37. The summed E-state index contributed by atoms with van der Waals surface area (Å²) in [4.78, 5) is 4.41. The Morgan fingerprint density at radius 1 is 1.26 bits per heavy atom. The molecule has 0 saturated heterocycles. The van der Waals surface area contributed by atoms with Crippen LogP contribution < -0.4 is 4.90 Å². The van der Waals surface area contributed by atoms with Crippen molar-refractivity contribution in [2.24, 2.45) is 5.92 Å². The first-order chi connectivity index (χ1) is 8.93. The number of hydrogen-bond donors (Lipinski definition) is 0. The van der Waals surface area contributed by atoms with E-state index in [1.54, 1.807) is 6.07 Å². The number of rotatable bonds is 6. The van der Waals surface area contributed by atoms with Crippen LogP contribution in [0.4, 0.5) is 5.69 Å². The van der Waals surface area contributed by atoms with Gasteiger partial charge in [0.25, 0.3) is 0 Å². The lowest BCUT2D eigenvalue weighted by Gasteiger charge is -2.29. The van der Waals surface area contributed by atoms with Crippen molar-refractivity contribution in [3.63, 3.8) is 0 Å². The van der Waals surface area contributed by atoms with Gasteiger partial charge < -0.3 is 9.80 Å². The summed E-state index contributed by atoms with van der Waals surface area (Å²) in [5.41, 5.74) is 1.62. The number of nitrogens with zero attached hydrogens (tertiary/aromatic N) is 3. The summed E-state index contributed by atoms with van der Waals surface area (Å²) >= 11 is 5.96. The van der Waals surface area contributed by atoms with Crippen LogP contribution in [0.5, 0.6) is 0 Å². The summed E-state index contributed by atoms with van der Waals surface area (Å²) in [5, 5.41) is 9.87. The highest BCUT2D eigenvalue weighted by Gasteiger charge is 2.13. The summed E-state index contributed by atoms with van der Waals surface area (Å²) in [6, 6.07) is 7.77. The number of nitriles is 1. The van der Waals surface area contributed by atoms with Crippen LogP contribution >= 0.6 is 11.6 Å². The van der Waals surface area contributed by atoms with Crippen LogP contribution in [0.3, 0.4) is 0 Å². The lowest BCUT2D eigenvalue weighted by molar-refractivity contribution is 0.409. The molecule has 0 N–H and O–H groups in total. The van der Waals surface area contributed by atoms with Gasteiger partial charge in [0.05, 0.1) is 11.3 Å². The van der Waals surface area contributed by atoms with E-state index in [9.17, 15) is 5.26 Å². The van der Waals surface area contributed by atoms with Crippen molar-refractivity contribution in [1.29, 1.82) is 5.26 Å². The number of anilines is 1. The van der Waals surface area contributed by atoms with Gasteiger partial charge in [-0.1, -0.05) is 25.4 Å². The molecule has 0 heterocycles. The van der Waals surface area contributed by atoms with E-state index in [0.29, 0.717) is 16.5 Å². The third-order valence-corrected chi connectivity index (χ3v) is 3.06. The maximum atomic E-state index is 9.26. The fraction of sp³-hybridized carbons (Fsp3) is 0.533. The van der Waals surface area contributed by atoms with Crippen molar-refractivity contribution in [2.75, 3.05) is 38.6 Å². The van der Waals surface area contributed by atoms with Crippen molar-refractivity contribution in [1.82, 2.24) is 4.90 Å². The van der Waals surface area contributed by atoms with Crippen LogP contribution in [0.15, 0.2) is 18.2 Å². The Balaban J connectivity index is 2.99. The van der Waals surface area contributed by atoms with Crippen molar-refractivity contribution < 1.29 is 0 Å². The molecule has 0 radical (unpaired) electrons. The molecule has 0 aliphatic heterocycles. The van der Waals surface area contributed by atoms with Gasteiger partial charge in [0, 0.05) is 24.7 Å². The zero-order valence-electron chi connectivity index (χ0n) is 12.2. The molecular formula is C15H22ClN3. The van der Waals surface area contributed by atoms with Gasteiger partial charge in [-0.2, -0.15) is 5.26 Å². The van der Waals surface area contributed by atoms with E-state index in [-0.39, 0.29) is 0 Å². The number of halogens is 1. The van der Waals surface area contributed by atoms with E-state index >= 15 is 0 Å². The van der Waals surface area contributed by atoms with Crippen LogP contribution in [0.25, 0.3) is 0 Å². The van der Waals surface area contributed by atoms with E-state index in [2.05, 4.69) is 43.8 Å². The van der Waals surface area contributed by atoms with Gasteiger partial charge >= 0.3 is 0 Å². The SMILES string of the molecule is CC(C)CN(CCN(C)C)c1ccc(Cl)cc1C#N. The van der Waals surface area contributed by atoms with Crippen LogP contribution in [0, 0.1) is 17.2 Å². The third-order valence-electron chi connectivity index (χ3n) is 2.82. The highest BCUT2D eigenvalue weighted by atomic mass is 35.5. The predicted octanol–water partition coefficient (Wildman–Crippen LogP) is 3.24. The smallest absolute Gasteiger partial charge is 0.101 e. The second-order valence-electron chi connectivity index (χ2n) is 5.42. The highest BCUT2D eigenvalue weighted by Crippen LogP contribution is 2.24. The minimum atomic E-state index is 0.546. The Bertz CT molecular complexity index is 449. The Morgan fingerprint density at radius 3 is 2.47 bits per heavy atom. The van der Waals surface area contributed by atoms with Gasteiger partial charge in [-0.3, -0.25) is 0 Å². The summed E-state index contributed by atoms with van der Waals surface area (Å²) in [6.45, 7) is 7.17. The number of likely N-dealkylation sites (N-methyl/N-ethyl adjacent to an activating group) is 1. The van der Waals surface area contributed by atoms with Gasteiger partial charge in [0.1, 0.15) is 6.07 Å². The number of hydrogen-bond acceptors (Lipinski definition) is 3. The Hall–Kier alpha value is -1.24. The molecule has 0 atom stereocenters. The van der Waals surface area contributed by atoms with Gasteiger partial charge in [-0.25, -0.2) is 0 Å². The Morgan fingerprint density at radius 2 is 1.95 bits per heavy atom. The fourth-order valence-corrected chi connectivity index (χ4v) is 2.12. The molecule has 0 unspecified atom stereocenters. The second-order valence-corrected chi connectivity index (χ2v) is 5.85. The van der Waals surface area contributed by atoms with E-state index in [1.807, 2.05) is 12.1 Å². The lowest BCUT2D eigenvalue weighted by Crippen LogP contribution is -2.34.